The van der Waals surface area contributed by atoms with Crippen LogP contribution in [0.25, 0.3) is 0 Å². The summed E-state index contributed by atoms with van der Waals surface area (Å²) in [5, 5.41) is 16.3. The minimum Gasteiger partial charge on any atom is -0.475 e. The van der Waals surface area contributed by atoms with Crippen molar-refractivity contribution in [3.05, 3.63) is 0 Å². The summed E-state index contributed by atoms with van der Waals surface area (Å²) in [5.74, 6) is -4.74. The zero-order valence-electron chi connectivity index (χ0n) is 11.1. The van der Waals surface area contributed by atoms with Crippen molar-refractivity contribution in [3.63, 3.8) is 0 Å². The molecule has 2 N–H and O–H groups in total. The van der Waals surface area contributed by atoms with Crippen LogP contribution in [0.1, 0.15) is 40.5 Å². The Balaban J connectivity index is 0. The molecule has 0 rings (SSSR count). The first-order valence-corrected chi connectivity index (χ1v) is 5.73. The Labute approximate surface area is 106 Å². The molecule has 0 aromatic rings. The number of carbonyl (C=O) groups is 4. The van der Waals surface area contributed by atoms with Gasteiger partial charge in [-0.05, 0) is 12.8 Å². The lowest BCUT2D eigenvalue weighted by atomic mass is 10.0. The summed E-state index contributed by atoms with van der Waals surface area (Å²) in [6.07, 6.45) is 1.18. The lowest BCUT2D eigenvalue weighted by Crippen LogP contribution is -2.19. The van der Waals surface area contributed by atoms with Crippen LogP contribution in [0.2, 0.25) is 0 Å². The predicted molar refractivity (Wildman–Crippen MR) is 64.2 cm³/mol. The van der Waals surface area contributed by atoms with Gasteiger partial charge in [-0.15, -0.1) is 0 Å². The van der Waals surface area contributed by atoms with Gasteiger partial charge in [-0.1, -0.05) is 27.7 Å². The van der Waals surface area contributed by atoms with Gasteiger partial charge in [0.15, 0.2) is 0 Å². The van der Waals surface area contributed by atoms with Gasteiger partial charge >= 0.3 is 11.9 Å². The first kappa shape index (κ1) is 18.6. The second-order valence-corrected chi connectivity index (χ2v) is 3.96. The maximum absolute atomic E-state index is 10.5. The van der Waals surface area contributed by atoms with E-state index in [1.807, 2.05) is 0 Å². The van der Waals surface area contributed by atoms with Crippen LogP contribution < -0.4 is 0 Å². The summed E-state index contributed by atoms with van der Waals surface area (Å²) in [4.78, 5) is 40.8. The van der Waals surface area contributed by atoms with Crippen LogP contribution in [0.3, 0.4) is 0 Å². The molecule has 0 bridgehead atoms. The number of carbonyl (C=O) groups excluding carboxylic acids is 2. The van der Waals surface area contributed by atoms with Crippen LogP contribution in [0.4, 0.5) is 0 Å². The lowest BCUT2D eigenvalue weighted by molar-refractivity contribution is -0.150. The Morgan fingerprint density at radius 2 is 1.00 bits per heavy atom. The Morgan fingerprint density at radius 3 is 1.06 bits per heavy atom. The average Bonchev–Trinajstić information content (AvgIpc) is 2.35. The Morgan fingerprint density at radius 1 is 0.778 bits per heavy atom. The fraction of sp³-hybridized carbons (Fsp3) is 0.667. The van der Waals surface area contributed by atoms with Gasteiger partial charge in [-0.2, -0.15) is 0 Å². The highest BCUT2D eigenvalue weighted by Crippen LogP contribution is 2.01. The quantitative estimate of drug-likeness (QED) is 0.698. The number of hydrogen-bond donors (Lipinski definition) is 2. The van der Waals surface area contributed by atoms with E-state index in [1.165, 1.54) is 0 Å². The van der Waals surface area contributed by atoms with Gasteiger partial charge < -0.3 is 10.2 Å². The van der Waals surface area contributed by atoms with Gasteiger partial charge in [0.2, 0.25) is 11.6 Å². The molecule has 6 nitrogen and oxygen atoms in total. The summed E-state index contributed by atoms with van der Waals surface area (Å²) in [6, 6.07) is 0. The number of rotatable bonds is 6. The van der Waals surface area contributed by atoms with E-state index in [0.29, 0.717) is 12.8 Å². The van der Waals surface area contributed by atoms with Crippen molar-refractivity contribution in [1.29, 1.82) is 0 Å². The number of hydrogen-bond acceptors (Lipinski definition) is 4. The molecule has 0 spiro atoms. The number of carboxylic acid groups (broad SMARTS) is 2. The molecule has 104 valence electrons. The molecule has 1 unspecified atom stereocenters. The zero-order valence-corrected chi connectivity index (χ0v) is 11.1. The van der Waals surface area contributed by atoms with Crippen LogP contribution in [-0.2, 0) is 19.2 Å². The Kier molecular flexibility index (Phi) is 9.66. The molecule has 6 heteroatoms. The first-order chi connectivity index (χ1) is 8.18. The molecule has 0 aromatic heterocycles. The van der Waals surface area contributed by atoms with Crippen molar-refractivity contribution in [3.8, 4) is 0 Å². The van der Waals surface area contributed by atoms with Crippen molar-refractivity contribution in [2.75, 3.05) is 0 Å². The SMILES string of the molecule is CCC(C)C(=O)C(=O)O.CC[C@H](C)C(=O)C(=O)O. The molecule has 0 heterocycles. The van der Waals surface area contributed by atoms with E-state index >= 15 is 0 Å². The highest BCUT2D eigenvalue weighted by atomic mass is 16.4. The summed E-state index contributed by atoms with van der Waals surface area (Å²) < 4.78 is 0. The van der Waals surface area contributed by atoms with Crippen molar-refractivity contribution in [1.82, 2.24) is 0 Å². The van der Waals surface area contributed by atoms with E-state index in [4.69, 9.17) is 10.2 Å². The third-order valence-corrected chi connectivity index (χ3v) is 2.54. The summed E-state index contributed by atoms with van der Waals surface area (Å²) >= 11 is 0. The molecule has 0 amide bonds. The molecule has 0 saturated carbocycles. The monoisotopic (exact) mass is 260 g/mol. The van der Waals surface area contributed by atoms with Crippen molar-refractivity contribution < 1.29 is 29.4 Å². The molecule has 18 heavy (non-hydrogen) atoms. The van der Waals surface area contributed by atoms with Crippen molar-refractivity contribution in [2.24, 2.45) is 11.8 Å². The normalized spacial score (nSPS) is 12.7. The summed E-state index contributed by atoms with van der Waals surface area (Å²) in [7, 11) is 0. The Bertz CT molecular complexity index is 289. The molecule has 0 aliphatic heterocycles. The van der Waals surface area contributed by atoms with E-state index in [9.17, 15) is 19.2 Å². The van der Waals surface area contributed by atoms with E-state index in [-0.39, 0.29) is 11.8 Å². The topological polar surface area (TPSA) is 109 Å². The maximum atomic E-state index is 10.5. The second-order valence-electron chi connectivity index (χ2n) is 3.96. The van der Waals surface area contributed by atoms with Crippen LogP contribution in [0.5, 0.6) is 0 Å². The van der Waals surface area contributed by atoms with E-state index in [0.717, 1.165) is 0 Å². The predicted octanol–water partition coefficient (Wildman–Crippen LogP) is 1.37. The molecule has 0 aliphatic rings. The minimum absolute atomic E-state index is 0.345. The zero-order chi connectivity index (χ0) is 14.9. The molecule has 0 saturated heterocycles. The van der Waals surface area contributed by atoms with Crippen LogP contribution in [0.15, 0.2) is 0 Å². The van der Waals surface area contributed by atoms with Crippen LogP contribution in [-0.4, -0.2) is 33.7 Å². The Hall–Kier alpha value is -1.72. The third-order valence-electron chi connectivity index (χ3n) is 2.54. The molecular formula is C12H20O6. The fourth-order valence-corrected chi connectivity index (χ4v) is 0.792. The van der Waals surface area contributed by atoms with E-state index < -0.39 is 23.5 Å². The third kappa shape index (κ3) is 7.54. The van der Waals surface area contributed by atoms with E-state index in [1.54, 1.807) is 27.7 Å². The smallest absolute Gasteiger partial charge is 0.372 e. The molecule has 0 aliphatic carbocycles. The van der Waals surface area contributed by atoms with E-state index in [2.05, 4.69) is 0 Å². The average molecular weight is 260 g/mol. The van der Waals surface area contributed by atoms with Gasteiger partial charge in [-0.25, -0.2) is 9.59 Å². The highest BCUT2D eigenvalue weighted by Gasteiger charge is 2.18. The van der Waals surface area contributed by atoms with Gasteiger partial charge in [0, 0.05) is 11.8 Å². The van der Waals surface area contributed by atoms with Gasteiger partial charge in [0.25, 0.3) is 0 Å². The highest BCUT2D eigenvalue weighted by molar-refractivity contribution is 6.33. The first-order valence-electron chi connectivity index (χ1n) is 5.73. The lowest BCUT2D eigenvalue weighted by Gasteiger charge is -1.99. The summed E-state index contributed by atoms with van der Waals surface area (Å²) in [6.45, 7) is 6.78. The minimum atomic E-state index is -1.33. The maximum Gasteiger partial charge on any atom is 0.372 e. The van der Waals surface area contributed by atoms with Gasteiger partial charge in [0.1, 0.15) is 0 Å². The fourth-order valence-electron chi connectivity index (χ4n) is 0.792. The van der Waals surface area contributed by atoms with Crippen molar-refractivity contribution in [2.45, 2.75) is 40.5 Å². The molecule has 0 radical (unpaired) electrons. The number of aliphatic carboxylic acids is 2. The second kappa shape index (κ2) is 9.32. The molecule has 0 aromatic carbocycles. The molecule has 2 atom stereocenters. The van der Waals surface area contributed by atoms with Gasteiger partial charge in [-0.3, -0.25) is 9.59 Å². The largest absolute Gasteiger partial charge is 0.475 e. The molecule has 0 fully saturated rings. The van der Waals surface area contributed by atoms with Crippen LogP contribution in [0, 0.1) is 11.8 Å². The summed E-state index contributed by atoms with van der Waals surface area (Å²) in [5.41, 5.74) is 0. The molecular weight excluding hydrogens is 240 g/mol. The van der Waals surface area contributed by atoms with Crippen LogP contribution >= 0.6 is 0 Å². The number of ketones is 2. The van der Waals surface area contributed by atoms with Gasteiger partial charge in [0.05, 0.1) is 0 Å². The van der Waals surface area contributed by atoms with Crippen molar-refractivity contribution >= 4 is 23.5 Å². The standard InChI is InChI=1S/2C6H10O3/c2*1-3-4(2)5(7)6(8)9/h2*4H,3H2,1-2H3,(H,8,9)/t4-;/m0./s1. The number of Topliss-reactive ketones (excluding diaryl/α,β-unsaturated/α-hetero) is 2. The number of carboxylic acids is 2.